The largest absolute Gasteiger partial charge is 0.478 e. The summed E-state index contributed by atoms with van der Waals surface area (Å²) < 4.78 is 4.91. The third-order valence-corrected chi connectivity index (χ3v) is 1.41. The smallest absolute Gasteiger partial charge is 0.348 e. The number of carbonyl (C=O) groups is 1. The second-order valence-corrected chi connectivity index (χ2v) is 2.24. The number of aliphatic imine (C=N–C) groups is 1. The number of carboxylic acids is 1. The number of nitrogens with two attached hydrogens (primary N) is 1. The van der Waals surface area contributed by atoms with E-state index in [4.69, 9.17) is 15.6 Å². The van der Waals surface area contributed by atoms with Crippen molar-refractivity contribution in [1.29, 1.82) is 0 Å². The van der Waals surface area contributed by atoms with Gasteiger partial charge in [0.1, 0.15) is 6.17 Å². The average molecular weight is 158 g/mol. The highest BCUT2D eigenvalue weighted by atomic mass is 16.5. The third-order valence-electron chi connectivity index (χ3n) is 1.41. The maximum absolute atomic E-state index is 10.4. The summed E-state index contributed by atoms with van der Waals surface area (Å²) in [4.78, 5) is 14.2. The molecule has 0 aromatic carbocycles. The lowest BCUT2D eigenvalue weighted by Crippen LogP contribution is -2.37. The van der Waals surface area contributed by atoms with Crippen molar-refractivity contribution in [1.82, 2.24) is 0 Å². The van der Waals surface area contributed by atoms with Gasteiger partial charge < -0.3 is 15.6 Å². The summed E-state index contributed by atoms with van der Waals surface area (Å²) in [5.41, 5.74) is 5.35. The van der Waals surface area contributed by atoms with E-state index in [0.29, 0.717) is 12.3 Å². The first kappa shape index (κ1) is 8.00. The molecular weight excluding hydrogens is 148 g/mol. The van der Waals surface area contributed by atoms with Gasteiger partial charge in [-0.15, -0.1) is 0 Å². The highest BCUT2D eigenvalue weighted by Gasteiger charge is 2.33. The Morgan fingerprint density at radius 1 is 1.91 bits per heavy atom. The molecule has 11 heavy (non-hydrogen) atoms. The van der Waals surface area contributed by atoms with Gasteiger partial charge >= 0.3 is 5.97 Å². The lowest BCUT2D eigenvalue weighted by Gasteiger charge is -2.07. The van der Waals surface area contributed by atoms with Gasteiger partial charge in [0.25, 0.3) is 0 Å². The van der Waals surface area contributed by atoms with Crippen LogP contribution in [0.3, 0.4) is 0 Å². The number of aliphatic carboxylic acids is 1. The van der Waals surface area contributed by atoms with Gasteiger partial charge in [-0.25, -0.2) is 9.79 Å². The Morgan fingerprint density at radius 3 is 2.82 bits per heavy atom. The van der Waals surface area contributed by atoms with Crippen molar-refractivity contribution < 1.29 is 14.6 Å². The van der Waals surface area contributed by atoms with Crippen LogP contribution in [0.25, 0.3) is 0 Å². The summed E-state index contributed by atoms with van der Waals surface area (Å²) in [5.74, 6) is -0.644. The molecule has 0 saturated carbocycles. The summed E-state index contributed by atoms with van der Waals surface area (Å²) in [5, 5.41) is 8.52. The van der Waals surface area contributed by atoms with Gasteiger partial charge in [-0.3, -0.25) is 0 Å². The Kier molecular flexibility index (Phi) is 2.09. The van der Waals surface area contributed by atoms with E-state index in [9.17, 15) is 4.79 Å². The van der Waals surface area contributed by atoms with E-state index in [1.54, 1.807) is 0 Å². The van der Waals surface area contributed by atoms with Crippen LogP contribution in [0.1, 0.15) is 13.3 Å². The molecule has 3 N–H and O–H groups in total. The number of carboxylic acid groups (broad SMARTS) is 1. The number of nitrogens with zero attached hydrogens (tertiary/aromatic N) is 1. The fraction of sp³-hybridized carbons (Fsp3) is 0.667. The van der Waals surface area contributed by atoms with Crippen molar-refractivity contribution in [2.45, 2.75) is 25.6 Å². The summed E-state index contributed by atoms with van der Waals surface area (Å²) in [6.07, 6.45) is -1.16. The molecule has 0 bridgehead atoms. The monoisotopic (exact) mass is 158 g/mol. The van der Waals surface area contributed by atoms with Crippen molar-refractivity contribution in [2.24, 2.45) is 10.7 Å². The van der Waals surface area contributed by atoms with Crippen molar-refractivity contribution in [3.8, 4) is 0 Å². The van der Waals surface area contributed by atoms with Gasteiger partial charge in [-0.1, -0.05) is 6.92 Å². The zero-order valence-electron chi connectivity index (χ0n) is 6.15. The number of hydrogen-bond donors (Lipinski definition) is 2. The van der Waals surface area contributed by atoms with Crippen LogP contribution in [0.15, 0.2) is 4.99 Å². The molecule has 0 spiro atoms. The number of hydrogen-bond acceptors (Lipinski definition) is 4. The normalized spacial score (nSPS) is 29.5. The van der Waals surface area contributed by atoms with Gasteiger partial charge in [0.15, 0.2) is 5.90 Å². The maximum Gasteiger partial charge on any atom is 0.348 e. The van der Waals surface area contributed by atoms with Crippen molar-refractivity contribution in [3.05, 3.63) is 0 Å². The zero-order valence-corrected chi connectivity index (χ0v) is 6.15. The van der Waals surface area contributed by atoms with Crippen LogP contribution in [-0.4, -0.2) is 29.2 Å². The van der Waals surface area contributed by atoms with Crippen LogP contribution in [0.4, 0.5) is 0 Å². The molecule has 0 aliphatic carbocycles. The van der Waals surface area contributed by atoms with Crippen LogP contribution in [0, 0.1) is 0 Å². The van der Waals surface area contributed by atoms with E-state index >= 15 is 0 Å². The number of ether oxygens (including phenoxy) is 1. The van der Waals surface area contributed by atoms with Crippen molar-refractivity contribution in [2.75, 3.05) is 0 Å². The molecule has 5 nitrogen and oxygen atoms in total. The first-order chi connectivity index (χ1) is 5.15. The molecule has 5 heteroatoms. The van der Waals surface area contributed by atoms with Crippen LogP contribution >= 0.6 is 0 Å². The fourth-order valence-electron chi connectivity index (χ4n) is 0.852. The molecule has 0 fully saturated rings. The second kappa shape index (κ2) is 2.87. The minimum atomic E-state index is -1.07. The predicted molar refractivity (Wildman–Crippen MR) is 38.2 cm³/mol. The molecular formula is C6H10N2O3. The fourth-order valence-corrected chi connectivity index (χ4v) is 0.852. The molecule has 0 radical (unpaired) electrons. The molecule has 1 heterocycles. The molecule has 0 saturated heterocycles. The van der Waals surface area contributed by atoms with E-state index in [1.165, 1.54) is 0 Å². The topological polar surface area (TPSA) is 84.9 Å². The molecule has 0 amide bonds. The van der Waals surface area contributed by atoms with E-state index in [-0.39, 0.29) is 0 Å². The Morgan fingerprint density at radius 2 is 2.55 bits per heavy atom. The van der Waals surface area contributed by atoms with Gasteiger partial charge in [0.05, 0.1) is 0 Å². The Labute approximate surface area is 63.9 Å². The van der Waals surface area contributed by atoms with E-state index in [0.717, 1.165) is 0 Å². The summed E-state index contributed by atoms with van der Waals surface area (Å²) in [6.45, 7) is 1.83. The highest BCUT2D eigenvalue weighted by molar-refractivity contribution is 5.84. The number of rotatable bonds is 2. The van der Waals surface area contributed by atoms with Crippen LogP contribution in [0.2, 0.25) is 0 Å². The minimum Gasteiger partial charge on any atom is -0.478 e. The Hall–Kier alpha value is -1.10. The SMILES string of the molecule is CCC1=NC(N)C(C(=O)O)O1. The highest BCUT2D eigenvalue weighted by Crippen LogP contribution is 2.11. The second-order valence-electron chi connectivity index (χ2n) is 2.24. The van der Waals surface area contributed by atoms with Gasteiger partial charge in [0.2, 0.25) is 6.10 Å². The standard InChI is InChI=1S/C6H10N2O3/c1-2-3-8-5(7)4(11-3)6(9)10/h4-5H,2,7H2,1H3,(H,9,10). The molecule has 0 aromatic rings. The predicted octanol–water partition coefficient (Wildman–Crippen LogP) is -0.437. The third kappa shape index (κ3) is 1.48. The van der Waals surface area contributed by atoms with Gasteiger partial charge in [-0.05, 0) is 0 Å². The molecule has 0 aromatic heterocycles. The van der Waals surface area contributed by atoms with Crippen molar-refractivity contribution in [3.63, 3.8) is 0 Å². The van der Waals surface area contributed by atoms with Crippen LogP contribution < -0.4 is 5.73 Å². The maximum atomic E-state index is 10.4. The molecule has 1 aliphatic heterocycles. The van der Waals surface area contributed by atoms with Crippen LogP contribution in [0.5, 0.6) is 0 Å². The molecule has 1 aliphatic rings. The Balaban J connectivity index is 2.61. The first-order valence-corrected chi connectivity index (χ1v) is 3.37. The molecule has 2 atom stereocenters. The van der Waals surface area contributed by atoms with Gasteiger partial charge in [0, 0.05) is 6.42 Å². The van der Waals surface area contributed by atoms with E-state index < -0.39 is 18.2 Å². The summed E-state index contributed by atoms with van der Waals surface area (Å²) in [6, 6.07) is 0. The summed E-state index contributed by atoms with van der Waals surface area (Å²) in [7, 11) is 0. The zero-order chi connectivity index (χ0) is 8.43. The first-order valence-electron chi connectivity index (χ1n) is 3.37. The molecule has 2 unspecified atom stereocenters. The Bertz CT molecular complexity index is 202. The lowest BCUT2D eigenvalue weighted by atomic mass is 10.3. The van der Waals surface area contributed by atoms with Gasteiger partial charge in [-0.2, -0.15) is 0 Å². The molecule has 62 valence electrons. The summed E-state index contributed by atoms with van der Waals surface area (Å²) >= 11 is 0. The molecule has 1 rings (SSSR count). The average Bonchev–Trinajstić information content (AvgIpc) is 2.30. The minimum absolute atomic E-state index is 0.421. The quantitative estimate of drug-likeness (QED) is 0.570. The van der Waals surface area contributed by atoms with Crippen molar-refractivity contribution >= 4 is 11.9 Å². The lowest BCUT2D eigenvalue weighted by molar-refractivity contribution is -0.145. The van der Waals surface area contributed by atoms with E-state index in [1.807, 2.05) is 6.92 Å². The van der Waals surface area contributed by atoms with Crippen LogP contribution in [-0.2, 0) is 9.53 Å². The van der Waals surface area contributed by atoms with E-state index in [2.05, 4.69) is 4.99 Å².